The lowest BCUT2D eigenvalue weighted by molar-refractivity contribution is 0.0600. The van der Waals surface area contributed by atoms with Gasteiger partial charge in [-0.2, -0.15) is 0 Å². The van der Waals surface area contributed by atoms with Gasteiger partial charge in [-0.15, -0.1) is 0 Å². The van der Waals surface area contributed by atoms with E-state index in [4.69, 9.17) is 16.3 Å². The second-order valence-corrected chi connectivity index (χ2v) is 4.18. The van der Waals surface area contributed by atoms with Crippen LogP contribution >= 0.6 is 11.6 Å². The maximum Gasteiger partial charge on any atom is 0.338 e. The maximum atomic E-state index is 11.4. The van der Waals surface area contributed by atoms with Crippen molar-refractivity contribution >= 4 is 23.4 Å². The Morgan fingerprint density at radius 3 is 2.76 bits per heavy atom. The Bertz CT molecular complexity index is 433. The molecule has 92 valence electrons. The van der Waals surface area contributed by atoms with Crippen molar-refractivity contribution in [3.63, 3.8) is 0 Å². The van der Waals surface area contributed by atoms with E-state index < -0.39 is 5.97 Å². The molecule has 1 aliphatic heterocycles. The molecule has 1 saturated heterocycles. The molecule has 1 aromatic rings. The van der Waals surface area contributed by atoms with Crippen LogP contribution in [0, 0.1) is 0 Å². The molecule has 17 heavy (non-hydrogen) atoms. The molecule has 0 amide bonds. The number of hydrogen-bond donors (Lipinski definition) is 0. The van der Waals surface area contributed by atoms with Crippen LogP contribution in [0.1, 0.15) is 10.4 Å². The molecule has 0 atom stereocenters. The molecule has 0 bridgehead atoms. The first-order valence-corrected chi connectivity index (χ1v) is 5.55. The molecular formula is C11H13ClN2O3. The van der Waals surface area contributed by atoms with Gasteiger partial charge >= 0.3 is 5.97 Å². The van der Waals surface area contributed by atoms with Crippen molar-refractivity contribution in [1.29, 1.82) is 0 Å². The van der Waals surface area contributed by atoms with Gasteiger partial charge in [0.05, 0.1) is 18.8 Å². The molecule has 0 aromatic carbocycles. The number of esters is 1. The molecule has 1 fully saturated rings. The van der Waals surface area contributed by atoms with Crippen LogP contribution in [0.15, 0.2) is 12.1 Å². The zero-order valence-corrected chi connectivity index (χ0v) is 10.4. The van der Waals surface area contributed by atoms with Crippen LogP contribution in [0.4, 0.5) is 5.82 Å². The van der Waals surface area contributed by atoms with E-state index >= 15 is 0 Å². The minimum absolute atomic E-state index is 0.220. The van der Waals surface area contributed by atoms with Crippen molar-refractivity contribution in [2.24, 2.45) is 0 Å². The van der Waals surface area contributed by atoms with Gasteiger partial charge in [0.25, 0.3) is 0 Å². The topological polar surface area (TPSA) is 51.7 Å². The first kappa shape index (κ1) is 12.1. The zero-order valence-electron chi connectivity index (χ0n) is 9.64. The van der Waals surface area contributed by atoms with Crippen molar-refractivity contribution in [1.82, 2.24) is 4.98 Å². The van der Waals surface area contributed by atoms with Crippen molar-refractivity contribution in [2.45, 2.75) is 6.10 Å². The van der Waals surface area contributed by atoms with Gasteiger partial charge < -0.3 is 14.4 Å². The lowest BCUT2D eigenvalue weighted by Crippen LogP contribution is -2.52. The highest BCUT2D eigenvalue weighted by molar-refractivity contribution is 6.29. The predicted octanol–water partition coefficient (Wildman–Crippen LogP) is 1.36. The number of halogens is 1. The Labute approximate surface area is 104 Å². The highest BCUT2D eigenvalue weighted by Gasteiger charge is 2.28. The summed E-state index contributed by atoms with van der Waals surface area (Å²) < 4.78 is 9.82. The number of rotatable bonds is 3. The molecule has 6 heteroatoms. The number of ether oxygens (including phenoxy) is 2. The van der Waals surface area contributed by atoms with Gasteiger partial charge in [0.1, 0.15) is 11.0 Å². The monoisotopic (exact) mass is 256 g/mol. The number of carbonyl (C=O) groups excluding carboxylic acids is 1. The van der Waals surface area contributed by atoms with E-state index in [1.807, 2.05) is 4.90 Å². The van der Waals surface area contributed by atoms with Gasteiger partial charge in [-0.25, -0.2) is 9.78 Å². The number of anilines is 1. The number of nitrogens with zero attached hydrogens (tertiary/aromatic N) is 2. The van der Waals surface area contributed by atoms with Gasteiger partial charge in [-0.3, -0.25) is 0 Å². The second kappa shape index (κ2) is 4.89. The molecule has 2 rings (SSSR count). The highest BCUT2D eigenvalue weighted by atomic mass is 35.5. The highest BCUT2D eigenvalue weighted by Crippen LogP contribution is 2.23. The third kappa shape index (κ3) is 2.50. The van der Waals surface area contributed by atoms with Crippen molar-refractivity contribution in [2.75, 3.05) is 32.2 Å². The van der Waals surface area contributed by atoms with E-state index in [0.29, 0.717) is 11.4 Å². The summed E-state index contributed by atoms with van der Waals surface area (Å²) >= 11 is 5.87. The molecule has 5 nitrogen and oxygen atoms in total. The Morgan fingerprint density at radius 2 is 2.18 bits per heavy atom. The fourth-order valence-electron chi connectivity index (χ4n) is 1.66. The Morgan fingerprint density at radius 1 is 1.47 bits per heavy atom. The molecule has 0 saturated carbocycles. The van der Waals surface area contributed by atoms with Crippen molar-refractivity contribution < 1.29 is 14.3 Å². The molecule has 2 heterocycles. The lowest BCUT2D eigenvalue weighted by atomic mass is 10.1. The number of aromatic nitrogens is 1. The largest absolute Gasteiger partial charge is 0.465 e. The van der Waals surface area contributed by atoms with E-state index in [1.54, 1.807) is 13.2 Å². The number of carbonyl (C=O) groups is 1. The van der Waals surface area contributed by atoms with Crippen LogP contribution in [-0.2, 0) is 9.47 Å². The SMILES string of the molecule is COC(=O)c1cc(Cl)nc(N2CC(OC)C2)c1. The molecule has 0 radical (unpaired) electrons. The Balaban J connectivity index is 2.18. The van der Waals surface area contributed by atoms with E-state index in [0.717, 1.165) is 13.1 Å². The van der Waals surface area contributed by atoms with Gasteiger partial charge in [0.15, 0.2) is 0 Å². The number of pyridine rings is 1. The third-order valence-corrected chi connectivity index (χ3v) is 2.90. The summed E-state index contributed by atoms with van der Waals surface area (Å²) in [6.07, 6.45) is 0.220. The van der Waals surface area contributed by atoms with Crippen LogP contribution in [0.2, 0.25) is 5.15 Å². The van der Waals surface area contributed by atoms with Crippen LogP contribution in [-0.4, -0.2) is 44.4 Å². The van der Waals surface area contributed by atoms with Gasteiger partial charge in [0, 0.05) is 20.2 Å². The van der Waals surface area contributed by atoms with Crippen LogP contribution in [0.3, 0.4) is 0 Å². The minimum Gasteiger partial charge on any atom is -0.465 e. The fraction of sp³-hybridized carbons (Fsp3) is 0.455. The van der Waals surface area contributed by atoms with Gasteiger partial charge in [-0.05, 0) is 12.1 Å². The summed E-state index contributed by atoms with van der Waals surface area (Å²) in [6.45, 7) is 1.51. The van der Waals surface area contributed by atoms with Crippen LogP contribution < -0.4 is 4.90 Å². The average molecular weight is 257 g/mol. The summed E-state index contributed by atoms with van der Waals surface area (Å²) in [4.78, 5) is 17.6. The lowest BCUT2D eigenvalue weighted by Gasteiger charge is -2.39. The fourth-order valence-corrected chi connectivity index (χ4v) is 1.86. The number of hydrogen-bond acceptors (Lipinski definition) is 5. The van der Waals surface area contributed by atoms with Gasteiger partial charge in [-0.1, -0.05) is 11.6 Å². The average Bonchev–Trinajstić information content (AvgIpc) is 2.26. The van der Waals surface area contributed by atoms with Crippen molar-refractivity contribution in [3.05, 3.63) is 22.8 Å². The van der Waals surface area contributed by atoms with Crippen LogP contribution in [0.5, 0.6) is 0 Å². The molecule has 1 aromatic heterocycles. The molecule has 0 aliphatic carbocycles. The summed E-state index contributed by atoms with van der Waals surface area (Å²) in [5.41, 5.74) is 0.406. The summed E-state index contributed by atoms with van der Waals surface area (Å²) in [5.74, 6) is 0.255. The van der Waals surface area contributed by atoms with E-state index in [1.165, 1.54) is 13.2 Å². The first-order valence-electron chi connectivity index (χ1n) is 5.17. The quantitative estimate of drug-likeness (QED) is 0.604. The predicted molar refractivity (Wildman–Crippen MR) is 63.6 cm³/mol. The zero-order chi connectivity index (χ0) is 12.4. The summed E-state index contributed by atoms with van der Waals surface area (Å²) in [5, 5.41) is 0.281. The summed E-state index contributed by atoms with van der Waals surface area (Å²) in [6, 6.07) is 3.16. The molecular weight excluding hydrogens is 244 g/mol. The molecule has 0 N–H and O–H groups in total. The normalized spacial score (nSPS) is 15.6. The third-order valence-electron chi connectivity index (χ3n) is 2.71. The first-order chi connectivity index (χ1) is 8.13. The van der Waals surface area contributed by atoms with Crippen molar-refractivity contribution in [3.8, 4) is 0 Å². The smallest absolute Gasteiger partial charge is 0.338 e. The molecule has 0 unspecified atom stereocenters. The van der Waals surface area contributed by atoms with E-state index in [-0.39, 0.29) is 11.3 Å². The van der Waals surface area contributed by atoms with Gasteiger partial charge in [0.2, 0.25) is 0 Å². The number of methoxy groups -OCH3 is 2. The van der Waals surface area contributed by atoms with E-state index in [2.05, 4.69) is 9.72 Å². The molecule has 1 aliphatic rings. The maximum absolute atomic E-state index is 11.4. The Hall–Kier alpha value is -1.33. The summed E-state index contributed by atoms with van der Waals surface area (Å²) in [7, 11) is 3.01. The van der Waals surface area contributed by atoms with E-state index in [9.17, 15) is 4.79 Å². The Kier molecular flexibility index (Phi) is 3.49. The standard InChI is InChI=1S/C11H13ClN2O3/c1-16-8-5-14(6-8)10-4-7(11(15)17-2)3-9(12)13-10/h3-4,8H,5-6H2,1-2H3. The minimum atomic E-state index is -0.417. The second-order valence-electron chi connectivity index (χ2n) is 3.79. The molecule has 0 spiro atoms. The van der Waals surface area contributed by atoms with Crippen LogP contribution in [0.25, 0.3) is 0 Å².